The van der Waals surface area contributed by atoms with Crippen molar-refractivity contribution >= 4 is 26.7 Å². The van der Waals surface area contributed by atoms with E-state index in [1.165, 1.54) is 22.2 Å². The van der Waals surface area contributed by atoms with Gasteiger partial charge >= 0.3 is 0 Å². The van der Waals surface area contributed by atoms with Crippen LogP contribution in [0.1, 0.15) is 24.0 Å². The Bertz CT molecular complexity index is 558. The molecule has 0 bridgehead atoms. The van der Waals surface area contributed by atoms with Gasteiger partial charge in [-0.3, -0.25) is 0 Å². The second-order valence-corrected chi connectivity index (χ2v) is 5.92. The maximum absolute atomic E-state index is 5.61. The summed E-state index contributed by atoms with van der Waals surface area (Å²) in [5.74, 6) is 0. The number of rotatable bonds is 3. The predicted molar refractivity (Wildman–Crippen MR) is 76.6 cm³/mol. The van der Waals surface area contributed by atoms with Crippen LogP contribution in [0.3, 0.4) is 0 Å². The van der Waals surface area contributed by atoms with Crippen molar-refractivity contribution in [1.29, 1.82) is 0 Å². The molecular formula is C14H18N2OS. The summed E-state index contributed by atoms with van der Waals surface area (Å²) in [5.41, 5.74) is 3.72. The molecule has 4 heteroatoms. The molecule has 1 saturated heterocycles. The fraction of sp³-hybridized carbons (Fsp3) is 0.500. The fourth-order valence-corrected chi connectivity index (χ4v) is 3.24. The van der Waals surface area contributed by atoms with Crippen molar-refractivity contribution in [2.24, 2.45) is 0 Å². The van der Waals surface area contributed by atoms with Crippen molar-refractivity contribution < 1.29 is 4.74 Å². The Hall–Kier alpha value is -1.13. The number of nitrogens with one attached hydrogen (secondary N) is 1. The molecule has 1 aromatic carbocycles. The van der Waals surface area contributed by atoms with Crippen molar-refractivity contribution in [3.8, 4) is 0 Å². The average molecular weight is 262 g/mol. The van der Waals surface area contributed by atoms with Crippen LogP contribution in [0.4, 0.5) is 5.13 Å². The standard InChI is InChI=1S/C14H18N2OS/c1-9-5-6-12-13(10(9)2)16-14(18-12)15-8-11-4-3-7-17-11/h5-6,11H,3-4,7-8H2,1-2H3,(H,15,16). The normalized spacial score (nSPS) is 19.6. The van der Waals surface area contributed by atoms with Gasteiger partial charge in [0.05, 0.1) is 16.3 Å². The number of hydrogen-bond donors (Lipinski definition) is 1. The molecule has 0 saturated carbocycles. The molecule has 1 aromatic heterocycles. The molecule has 18 heavy (non-hydrogen) atoms. The van der Waals surface area contributed by atoms with Crippen molar-refractivity contribution in [2.75, 3.05) is 18.5 Å². The number of thiazole rings is 1. The summed E-state index contributed by atoms with van der Waals surface area (Å²) in [6.45, 7) is 6.05. The van der Waals surface area contributed by atoms with Gasteiger partial charge in [0, 0.05) is 13.2 Å². The largest absolute Gasteiger partial charge is 0.376 e. The van der Waals surface area contributed by atoms with Crippen LogP contribution >= 0.6 is 11.3 Å². The van der Waals surface area contributed by atoms with Gasteiger partial charge in [-0.2, -0.15) is 0 Å². The van der Waals surface area contributed by atoms with E-state index in [0.717, 1.165) is 30.2 Å². The highest BCUT2D eigenvalue weighted by molar-refractivity contribution is 7.22. The summed E-state index contributed by atoms with van der Waals surface area (Å²) in [7, 11) is 0. The Morgan fingerprint density at radius 3 is 3.11 bits per heavy atom. The Labute approximate surface area is 111 Å². The molecule has 96 valence electrons. The lowest BCUT2D eigenvalue weighted by Gasteiger charge is -2.08. The van der Waals surface area contributed by atoms with E-state index in [4.69, 9.17) is 4.74 Å². The molecular weight excluding hydrogens is 244 g/mol. The number of benzene rings is 1. The Kier molecular flexibility index (Phi) is 3.22. The van der Waals surface area contributed by atoms with Gasteiger partial charge in [0.2, 0.25) is 0 Å². The maximum Gasteiger partial charge on any atom is 0.183 e. The smallest absolute Gasteiger partial charge is 0.183 e. The minimum Gasteiger partial charge on any atom is -0.376 e. The molecule has 1 aliphatic heterocycles. The third-order valence-corrected chi connectivity index (χ3v) is 4.57. The zero-order valence-electron chi connectivity index (χ0n) is 10.8. The number of aryl methyl sites for hydroxylation is 2. The summed E-state index contributed by atoms with van der Waals surface area (Å²) < 4.78 is 6.86. The highest BCUT2D eigenvalue weighted by atomic mass is 32.1. The lowest BCUT2D eigenvalue weighted by atomic mass is 10.1. The van der Waals surface area contributed by atoms with Crippen LogP contribution < -0.4 is 5.32 Å². The molecule has 0 aliphatic carbocycles. The van der Waals surface area contributed by atoms with Crippen LogP contribution in [0, 0.1) is 13.8 Å². The van der Waals surface area contributed by atoms with E-state index in [9.17, 15) is 0 Å². The Morgan fingerprint density at radius 2 is 2.33 bits per heavy atom. The van der Waals surface area contributed by atoms with Gasteiger partial charge in [0.15, 0.2) is 5.13 Å². The third-order valence-electron chi connectivity index (χ3n) is 3.59. The van der Waals surface area contributed by atoms with Crippen molar-refractivity contribution in [1.82, 2.24) is 4.98 Å². The van der Waals surface area contributed by atoms with Gasteiger partial charge in [-0.25, -0.2) is 4.98 Å². The molecule has 1 N–H and O–H groups in total. The first-order valence-electron chi connectivity index (χ1n) is 6.46. The molecule has 2 heterocycles. The van der Waals surface area contributed by atoms with Gasteiger partial charge in [-0.1, -0.05) is 17.4 Å². The first-order valence-corrected chi connectivity index (χ1v) is 7.28. The lowest BCUT2D eigenvalue weighted by Crippen LogP contribution is -2.18. The second-order valence-electron chi connectivity index (χ2n) is 4.89. The van der Waals surface area contributed by atoms with Crippen LogP contribution in [0.25, 0.3) is 10.2 Å². The van der Waals surface area contributed by atoms with E-state index in [0.29, 0.717) is 6.10 Å². The number of hydrogen-bond acceptors (Lipinski definition) is 4. The van der Waals surface area contributed by atoms with Gasteiger partial charge in [0.25, 0.3) is 0 Å². The van der Waals surface area contributed by atoms with Gasteiger partial charge in [-0.05, 0) is 43.9 Å². The SMILES string of the molecule is Cc1ccc2sc(NCC3CCCO3)nc2c1C. The number of nitrogens with zero attached hydrogens (tertiary/aromatic N) is 1. The minimum absolute atomic E-state index is 0.361. The van der Waals surface area contributed by atoms with Gasteiger partial charge < -0.3 is 10.1 Å². The maximum atomic E-state index is 5.61. The monoisotopic (exact) mass is 262 g/mol. The minimum atomic E-state index is 0.361. The van der Waals surface area contributed by atoms with Crippen LogP contribution in [0.15, 0.2) is 12.1 Å². The Morgan fingerprint density at radius 1 is 1.44 bits per heavy atom. The predicted octanol–water partition coefficient (Wildman–Crippen LogP) is 3.50. The van der Waals surface area contributed by atoms with Crippen molar-refractivity contribution in [2.45, 2.75) is 32.8 Å². The van der Waals surface area contributed by atoms with E-state index < -0.39 is 0 Å². The van der Waals surface area contributed by atoms with E-state index in [-0.39, 0.29) is 0 Å². The molecule has 0 radical (unpaired) electrons. The summed E-state index contributed by atoms with van der Waals surface area (Å²) in [4.78, 5) is 4.69. The van der Waals surface area contributed by atoms with Gasteiger partial charge in [0.1, 0.15) is 0 Å². The number of aromatic nitrogens is 1. The summed E-state index contributed by atoms with van der Waals surface area (Å²) >= 11 is 1.73. The average Bonchev–Trinajstić information content (AvgIpc) is 3.00. The molecule has 0 amide bonds. The van der Waals surface area contributed by atoms with E-state index in [1.807, 2.05) is 0 Å². The van der Waals surface area contributed by atoms with E-state index in [1.54, 1.807) is 11.3 Å². The zero-order valence-corrected chi connectivity index (χ0v) is 11.6. The quantitative estimate of drug-likeness (QED) is 0.919. The van der Waals surface area contributed by atoms with Crippen LogP contribution in [0.5, 0.6) is 0 Å². The van der Waals surface area contributed by atoms with E-state index >= 15 is 0 Å². The first kappa shape index (κ1) is 11.9. The second kappa shape index (κ2) is 4.86. The van der Waals surface area contributed by atoms with Crippen LogP contribution in [0.2, 0.25) is 0 Å². The van der Waals surface area contributed by atoms with Gasteiger partial charge in [-0.15, -0.1) is 0 Å². The molecule has 3 rings (SSSR count). The molecule has 0 spiro atoms. The lowest BCUT2D eigenvalue weighted by molar-refractivity contribution is 0.120. The first-order chi connectivity index (χ1) is 8.74. The summed E-state index contributed by atoms with van der Waals surface area (Å²) in [5, 5.41) is 4.41. The highest BCUT2D eigenvalue weighted by Gasteiger charge is 2.16. The van der Waals surface area contributed by atoms with Crippen LogP contribution in [-0.4, -0.2) is 24.2 Å². The van der Waals surface area contributed by atoms with Crippen molar-refractivity contribution in [3.05, 3.63) is 23.3 Å². The number of anilines is 1. The zero-order chi connectivity index (χ0) is 12.5. The molecule has 1 fully saturated rings. The molecule has 1 aliphatic rings. The molecule has 1 unspecified atom stereocenters. The Balaban J connectivity index is 1.78. The topological polar surface area (TPSA) is 34.1 Å². The number of ether oxygens (including phenoxy) is 1. The molecule has 1 atom stereocenters. The van der Waals surface area contributed by atoms with Crippen LogP contribution in [-0.2, 0) is 4.74 Å². The number of fused-ring (bicyclic) bond motifs is 1. The molecule has 2 aromatic rings. The third kappa shape index (κ3) is 2.22. The summed E-state index contributed by atoms with van der Waals surface area (Å²) in [6.07, 6.45) is 2.71. The highest BCUT2D eigenvalue weighted by Crippen LogP contribution is 2.29. The fourth-order valence-electron chi connectivity index (χ4n) is 2.31. The summed E-state index contributed by atoms with van der Waals surface area (Å²) in [6, 6.07) is 4.33. The van der Waals surface area contributed by atoms with E-state index in [2.05, 4.69) is 36.3 Å². The molecule has 3 nitrogen and oxygen atoms in total. The van der Waals surface area contributed by atoms with Crippen molar-refractivity contribution in [3.63, 3.8) is 0 Å².